The lowest BCUT2D eigenvalue weighted by Crippen LogP contribution is -2.46. The minimum Gasteiger partial charge on any atom is -0.493 e. The number of hydrogen-bond donors (Lipinski definition) is 0. The van der Waals surface area contributed by atoms with E-state index in [9.17, 15) is 0 Å². The molecule has 0 N–H and O–H groups in total. The molecule has 0 amide bonds. The van der Waals surface area contributed by atoms with E-state index in [2.05, 4.69) is 47.9 Å². The summed E-state index contributed by atoms with van der Waals surface area (Å²) in [5.74, 6) is 1.90. The summed E-state index contributed by atoms with van der Waals surface area (Å²) < 4.78 is 12.2. The highest BCUT2D eigenvalue weighted by Crippen LogP contribution is 2.27. The number of nitriles is 1. The fourth-order valence-electron chi connectivity index (χ4n) is 3.94. The van der Waals surface area contributed by atoms with Gasteiger partial charge in [0.2, 0.25) is 0 Å². The predicted molar refractivity (Wildman–Crippen MR) is 128 cm³/mol. The maximum atomic E-state index is 8.80. The average molecular weight is 430 g/mol. The summed E-state index contributed by atoms with van der Waals surface area (Å²) in [6.07, 6.45) is 10.3. The molecule has 0 bridgehead atoms. The molecule has 0 spiro atoms. The molecule has 0 radical (unpaired) electrons. The second kappa shape index (κ2) is 15.9. The SMILES string of the molecule is CCCCCCOc1ccc(CN2CCN(CCC#N)CC2)c(OCCCCCC)c1. The van der Waals surface area contributed by atoms with Gasteiger partial charge in [-0.3, -0.25) is 9.80 Å². The van der Waals surface area contributed by atoms with Crippen LogP contribution in [0.5, 0.6) is 11.5 Å². The third-order valence-corrected chi connectivity index (χ3v) is 5.96. The number of nitrogens with zero attached hydrogens (tertiary/aromatic N) is 3. The quantitative estimate of drug-likeness (QED) is 0.318. The summed E-state index contributed by atoms with van der Waals surface area (Å²) in [5.41, 5.74) is 1.25. The Morgan fingerprint density at radius 1 is 0.839 bits per heavy atom. The zero-order chi connectivity index (χ0) is 22.2. The lowest BCUT2D eigenvalue weighted by molar-refractivity contribution is 0.128. The molecule has 2 rings (SSSR count). The molecule has 0 aromatic heterocycles. The van der Waals surface area contributed by atoms with Gasteiger partial charge < -0.3 is 9.47 Å². The van der Waals surface area contributed by atoms with Crippen molar-refractivity contribution in [2.75, 3.05) is 45.9 Å². The van der Waals surface area contributed by atoms with Crippen LogP contribution in [0.2, 0.25) is 0 Å². The van der Waals surface area contributed by atoms with E-state index in [4.69, 9.17) is 14.7 Å². The van der Waals surface area contributed by atoms with Gasteiger partial charge in [0.15, 0.2) is 0 Å². The Balaban J connectivity index is 1.90. The van der Waals surface area contributed by atoms with E-state index < -0.39 is 0 Å². The van der Waals surface area contributed by atoms with Crippen LogP contribution in [0.4, 0.5) is 0 Å². The van der Waals surface area contributed by atoms with Crippen molar-refractivity contribution in [2.24, 2.45) is 0 Å². The molecule has 0 saturated carbocycles. The van der Waals surface area contributed by atoms with Gasteiger partial charge in [-0.15, -0.1) is 0 Å². The van der Waals surface area contributed by atoms with Crippen LogP contribution in [0.3, 0.4) is 0 Å². The molecule has 5 nitrogen and oxygen atoms in total. The molecule has 0 unspecified atom stereocenters. The van der Waals surface area contributed by atoms with Crippen molar-refractivity contribution in [2.45, 2.75) is 78.2 Å². The van der Waals surface area contributed by atoms with Gasteiger partial charge in [-0.05, 0) is 18.9 Å². The molecule has 31 heavy (non-hydrogen) atoms. The van der Waals surface area contributed by atoms with Crippen molar-refractivity contribution >= 4 is 0 Å². The van der Waals surface area contributed by atoms with Crippen LogP contribution in [0.15, 0.2) is 18.2 Å². The number of unbranched alkanes of at least 4 members (excludes halogenated alkanes) is 6. The fraction of sp³-hybridized carbons (Fsp3) is 0.731. The molecule has 1 aliphatic heterocycles. The fourth-order valence-corrected chi connectivity index (χ4v) is 3.94. The molecule has 1 aromatic carbocycles. The first-order valence-electron chi connectivity index (χ1n) is 12.5. The molecule has 1 heterocycles. The van der Waals surface area contributed by atoms with Crippen molar-refractivity contribution in [1.82, 2.24) is 9.80 Å². The summed E-state index contributed by atoms with van der Waals surface area (Å²) in [6, 6.07) is 8.63. The van der Waals surface area contributed by atoms with Gasteiger partial charge in [0.05, 0.1) is 19.3 Å². The molecule has 1 saturated heterocycles. The third-order valence-electron chi connectivity index (χ3n) is 5.96. The summed E-state index contributed by atoms with van der Waals surface area (Å²) in [5, 5.41) is 8.80. The summed E-state index contributed by atoms with van der Waals surface area (Å²) >= 11 is 0. The van der Waals surface area contributed by atoms with Crippen LogP contribution in [-0.4, -0.2) is 55.7 Å². The molecular weight excluding hydrogens is 386 g/mol. The minimum absolute atomic E-state index is 0.621. The molecule has 5 heteroatoms. The lowest BCUT2D eigenvalue weighted by Gasteiger charge is -2.34. The second-order valence-electron chi connectivity index (χ2n) is 8.61. The van der Waals surface area contributed by atoms with E-state index in [1.807, 2.05) is 0 Å². The first kappa shape index (κ1) is 25.5. The molecule has 0 atom stereocenters. The monoisotopic (exact) mass is 429 g/mol. The Morgan fingerprint density at radius 2 is 1.48 bits per heavy atom. The van der Waals surface area contributed by atoms with Crippen LogP contribution in [0.1, 0.15) is 77.2 Å². The first-order chi connectivity index (χ1) is 15.3. The maximum absolute atomic E-state index is 8.80. The van der Waals surface area contributed by atoms with E-state index in [1.165, 1.54) is 44.1 Å². The molecule has 1 fully saturated rings. The topological polar surface area (TPSA) is 48.7 Å². The predicted octanol–water partition coefficient (Wildman–Crippen LogP) is 5.64. The second-order valence-corrected chi connectivity index (χ2v) is 8.61. The molecule has 1 aliphatic rings. The molecule has 174 valence electrons. The van der Waals surface area contributed by atoms with Crippen molar-refractivity contribution in [1.29, 1.82) is 5.26 Å². The summed E-state index contributed by atoms with van der Waals surface area (Å²) in [4.78, 5) is 4.88. The maximum Gasteiger partial charge on any atom is 0.127 e. The van der Waals surface area contributed by atoms with Gasteiger partial charge in [0.25, 0.3) is 0 Å². The van der Waals surface area contributed by atoms with Crippen molar-refractivity contribution in [3.05, 3.63) is 23.8 Å². The van der Waals surface area contributed by atoms with Crippen LogP contribution in [-0.2, 0) is 6.54 Å². The smallest absolute Gasteiger partial charge is 0.127 e. The zero-order valence-corrected chi connectivity index (χ0v) is 19.9. The van der Waals surface area contributed by atoms with E-state index in [1.54, 1.807) is 0 Å². The summed E-state index contributed by atoms with van der Waals surface area (Å²) in [6.45, 7) is 12.0. The van der Waals surface area contributed by atoms with Crippen LogP contribution in [0.25, 0.3) is 0 Å². The van der Waals surface area contributed by atoms with Gasteiger partial charge in [-0.25, -0.2) is 0 Å². The lowest BCUT2D eigenvalue weighted by atomic mass is 10.1. The zero-order valence-electron chi connectivity index (χ0n) is 19.9. The highest BCUT2D eigenvalue weighted by atomic mass is 16.5. The molecule has 0 aliphatic carbocycles. The summed E-state index contributed by atoms with van der Waals surface area (Å²) in [7, 11) is 0. The first-order valence-corrected chi connectivity index (χ1v) is 12.5. The van der Waals surface area contributed by atoms with E-state index in [0.717, 1.165) is 76.8 Å². The highest BCUT2D eigenvalue weighted by molar-refractivity contribution is 5.41. The van der Waals surface area contributed by atoms with Gasteiger partial charge >= 0.3 is 0 Å². The van der Waals surface area contributed by atoms with Crippen molar-refractivity contribution in [3.8, 4) is 17.6 Å². The van der Waals surface area contributed by atoms with Crippen LogP contribution >= 0.6 is 0 Å². The molecular formula is C26H43N3O2. The number of ether oxygens (including phenoxy) is 2. The Hall–Kier alpha value is -1.77. The van der Waals surface area contributed by atoms with Crippen LogP contribution in [0, 0.1) is 11.3 Å². The van der Waals surface area contributed by atoms with Crippen molar-refractivity contribution < 1.29 is 9.47 Å². The van der Waals surface area contributed by atoms with E-state index in [0.29, 0.717) is 6.42 Å². The Kier molecular flexibility index (Phi) is 13.1. The van der Waals surface area contributed by atoms with Gasteiger partial charge in [-0.2, -0.15) is 5.26 Å². The number of piperazine rings is 1. The van der Waals surface area contributed by atoms with Gasteiger partial charge in [-0.1, -0.05) is 58.4 Å². The molecule has 1 aromatic rings. The van der Waals surface area contributed by atoms with E-state index >= 15 is 0 Å². The van der Waals surface area contributed by atoms with Gasteiger partial charge in [0.1, 0.15) is 11.5 Å². The number of hydrogen-bond acceptors (Lipinski definition) is 5. The number of benzene rings is 1. The Labute approximate surface area is 190 Å². The normalized spacial score (nSPS) is 15.0. The van der Waals surface area contributed by atoms with Crippen molar-refractivity contribution in [3.63, 3.8) is 0 Å². The number of rotatable bonds is 16. The third kappa shape index (κ3) is 10.4. The Bertz CT molecular complexity index is 636. The van der Waals surface area contributed by atoms with Crippen LogP contribution < -0.4 is 9.47 Å². The van der Waals surface area contributed by atoms with Gasteiger partial charge in [0, 0.05) is 57.3 Å². The van der Waals surface area contributed by atoms with E-state index in [-0.39, 0.29) is 0 Å². The largest absolute Gasteiger partial charge is 0.493 e. The minimum atomic E-state index is 0.621. The average Bonchev–Trinajstić information content (AvgIpc) is 2.79. The standard InChI is InChI=1S/C26H43N3O2/c1-3-5-7-9-20-30-25-13-12-24(26(22-25)31-21-10-8-6-4-2)23-29-18-16-28(17-19-29)15-11-14-27/h12-13,22H,3-11,15-21,23H2,1-2H3. The highest BCUT2D eigenvalue weighted by Gasteiger charge is 2.18. The Morgan fingerprint density at radius 3 is 2.13 bits per heavy atom.